The zero-order valence-corrected chi connectivity index (χ0v) is 22.6. The first-order chi connectivity index (χ1) is 17.2. The molecule has 2 aromatic rings. The van der Waals surface area contributed by atoms with E-state index in [-0.39, 0.29) is 17.2 Å². The molecule has 0 unspecified atom stereocenters. The number of nitrogens with one attached hydrogen (secondary N) is 2. The van der Waals surface area contributed by atoms with Crippen molar-refractivity contribution in [2.45, 2.75) is 59.3 Å². The van der Waals surface area contributed by atoms with Crippen LogP contribution in [0.25, 0.3) is 0 Å². The van der Waals surface area contributed by atoms with Crippen LogP contribution in [0.4, 0.5) is 10.7 Å². The fraction of sp³-hybridized carbons (Fsp3) is 0.536. The summed E-state index contributed by atoms with van der Waals surface area (Å²) in [6.45, 7) is 8.97. The molecule has 36 heavy (non-hydrogen) atoms. The largest absolute Gasteiger partial charge is 0.465 e. The predicted molar refractivity (Wildman–Crippen MR) is 144 cm³/mol. The van der Waals surface area contributed by atoms with Crippen LogP contribution in [-0.4, -0.2) is 49.4 Å². The third kappa shape index (κ3) is 5.98. The predicted octanol–water partition coefficient (Wildman–Crippen LogP) is 5.36. The summed E-state index contributed by atoms with van der Waals surface area (Å²) in [6, 6.07) is 6.81. The number of thiophene rings is 1. The normalized spacial score (nSPS) is 18.3. The lowest BCUT2D eigenvalue weighted by atomic mass is 9.72. The van der Waals surface area contributed by atoms with Crippen molar-refractivity contribution >= 4 is 39.8 Å². The van der Waals surface area contributed by atoms with E-state index in [1.807, 2.05) is 0 Å². The van der Waals surface area contributed by atoms with Crippen LogP contribution in [-0.2, 0) is 22.4 Å². The number of rotatable bonds is 6. The van der Waals surface area contributed by atoms with E-state index in [1.54, 1.807) is 24.3 Å². The fourth-order valence-electron chi connectivity index (χ4n) is 5.21. The Kier molecular flexibility index (Phi) is 8.15. The van der Waals surface area contributed by atoms with Crippen molar-refractivity contribution in [2.24, 2.45) is 11.3 Å². The summed E-state index contributed by atoms with van der Waals surface area (Å²) in [5, 5.41) is 6.59. The number of benzene rings is 1. The molecule has 1 atom stereocenters. The molecular formula is C28H37N3O4S. The molecule has 2 aliphatic rings. The van der Waals surface area contributed by atoms with E-state index in [0.717, 1.165) is 50.8 Å². The lowest BCUT2D eigenvalue weighted by molar-refractivity contribution is -0.117. The van der Waals surface area contributed by atoms with Crippen LogP contribution in [0.1, 0.15) is 77.6 Å². The Balaban J connectivity index is 1.62. The molecule has 8 heteroatoms. The maximum Gasteiger partial charge on any atom is 0.339 e. The van der Waals surface area contributed by atoms with Crippen molar-refractivity contribution in [1.29, 1.82) is 0 Å². The molecule has 4 rings (SSSR count). The van der Waals surface area contributed by atoms with Crippen LogP contribution in [0.5, 0.6) is 0 Å². The van der Waals surface area contributed by atoms with E-state index >= 15 is 0 Å². The minimum absolute atomic E-state index is 0.0909. The Morgan fingerprint density at radius 1 is 1.08 bits per heavy atom. The maximum atomic E-state index is 13.7. The molecule has 1 fully saturated rings. The van der Waals surface area contributed by atoms with Gasteiger partial charge in [0.25, 0.3) is 5.91 Å². The Labute approximate surface area is 217 Å². The number of para-hydroxylation sites is 1. The van der Waals surface area contributed by atoms with Crippen LogP contribution in [0.15, 0.2) is 24.3 Å². The molecule has 0 bridgehead atoms. The van der Waals surface area contributed by atoms with Crippen molar-refractivity contribution in [3.05, 3.63) is 45.8 Å². The number of ether oxygens (including phenoxy) is 1. The van der Waals surface area contributed by atoms with Crippen LogP contribution >= 0.6 is 11.3 Å². The monoisotopic (exact) mass is 511 g/mol. The molecule has 7 nitrogen and oxygen atoms in total. The Hall–Kier alpha value is -2.71. The number of piperidine rings is 1. The second kappa shape index (κ2) is 11.1. The first kappa shape index (κ1) is 26.4. The van der Waals surface area contributed by atoms with Gasteiger partial charge in [0.05, 0.1) is 30.5 Å². The van der Waals surface area contributed by atoms with Crippen molar-refractivity contribution < 1.29 is 19.1 Å². The first-order valence-electron chi connectivity index (χ1n) is 12.8. The van der Waals surface area contributed by atoms with Gasteiger partial charge in [-0.15, -0.1) is 11.3 Å². The van der Waals surface area contributed by atoms with Crippen molar-refractivity contribution in [1.82, 2.24) is 4.90 Å². The smallest absolute Gasteiger partial charge is 0.339 e. The average Bonchev–Trinajstić information content (AvgIpc) is 3.20. The Morgan fingerprint density at radius 2 is 1.81 bits per heavy atom. The molecule has 1 aromatic carbocycles. The van der Waals surface area contributed by atoms with Gasteiger partial charge in [-0.2, -0.15) is 0 Å². The minimum atomic E-state index is -0.513. The molecule has 1 aromatic heterocycles. The van der Waals surface area contributed by atoms with Gasteiger partial charge in [0.15, 0.2) is 0 Å². The van der Waals surface area contributed by atoms with Gasteiger partial charge in [-0.25, -0.2) is 4.79 Å². The number of likely N-dealkylation sites (tertiary alicyclic amines) is 1. The maximum absolute atomic E-state index is 13.7. The zero-order valence-electron chi connectivity index (χ0n) is 21.7. The summed E-state index contributed by atoms with van der Waals surface area (Å²) in [5.41, 5.74) is 2.39. The third-order valence-electron chi connectivity index (χ3n) is 7.37. The van der Waals surface area contributed by atoms with Crippen molar-refractivity contribution in [3.8, 4) is 0 Å². The standard InChI is InChI=1S/C28H37N3O4S/c1-28(2,3)18-12-13-20-22(16-18)36-26(30-23(32)17-31-14-8-5-9-15-31)24(20)25(33)29-21-11-7-6-10-19(21)27(34)35-4/h6-7,10-11,18H,5,8-9,12-17H2,1-4H3,(H,29,33)(H,30,32)/t18-/m0/s1. The summed E-state index contributed by atoms with van der Waals surface area (Å²) in [6.07, 6.45) is 6.11. The molecule has 194 valence electrons. The molecular weight excluding hydrogens is 474 g/mol. The number of methoxy groups -OCH3 is 1. The van der Waals surface area contributed by atoms with Gasteiger partial charge < -0.3 is 15.4 Å². The Morgan fingerprint density at radius 3 is 2.50 bits per heavy atom. The van der Waals surface area contributed by atoms with E-state index in [2.05, 4.69) is 36.3 Å². The van der Waals surface area contributed by atoms with E-state index in [4.69, 9.17) is 4.74 Å². The SMILES string of the molecule is COC(=O)c1ccccc1NC(=O)c1c(NC(=O)CN2CCCCC2)sc2c1CC[C@H](C(C)(C)C)C2. The summed E-state index contributed by atoms with van der Waals surface area (Å²) in [5.74, 6) is -0.406. The summed E-state index contributed by atoms with van der Waals surface area (Å²) in [7, 11) is 1.32. The van der Waals surface area contributed by atoms with Gasteiger partial charge in [-0.3, -0.25) is 14.5 Å². The molecule has 0 spiro atoms. The minimum Gasteiger partial charge on any atom is -0.465 e. The van der Waals surface area contributed by atoms with Gasteiger partial charge >= 0.3 is 5.97 Å². The van der Waals surface area contributed by atoms with Crippen LogP contribution < -0.4 is 10.6 Å². The number of anilines is 2. The molecule has 2 heterocycles. The highest BCUT2D eigenvalue weighted by atomic mass is 32.1. The zero-order chi connectivity index (χ0) is 25.9. The molecule has 1 aliphatic heterocycles. The molecule has 1 aliphatic carbocycles. The van der Waals surface area contributed by atoms with Crippen LogP contribution in [0.3, 0.4) is 0 Å². The summed E-state index contributed by atoms with van der Waals surface area (Å²) >= 11 is 1.52. The molecule has 2 N–H and O–H groups in total. The van der Waals surface area contributed by atoms with Gasteiger partial charge in [0.1, 0.15) is 5.00 Å². The summed E-state index contributed by atoms with van der Waals surface area (Å²) < 4.78 is 4.88. The van der Waals surface area contributed by atoms with E-state index in [9.17, 15) is 14.4 Å². The molecule has 0 saturated carbocycles. The third-order valence-corrected chi connectivity index (χ3v) is 8.54. The van der Waals surface area contributed by atoms with Gasteiger partial charge in [-0.1, -0.05) is 39.3 Å². The fourth-order valence-corrected chi connectivity index (χ4v) is 6.55. The number of esters is 1. The number of carbonyl (C=O) groups is 3. The number of fused-ring (bicyclic) bond motifs is 1. The van der Waals surface area contributed by atoms with Crippen molar-refractivity contribution in [2.75, 3.05) is 37.4 Å². The molecule has 0 radical (unpaired) electrons. The first-order valence-corrected chi connectivity index (χ1v) is 13.6. The topological polar surface area (TPSA) is 87.7 Å². The van der Waals surface area contributed by atoms with Gasteiger partial charge in [0, 0.05) is 4.88 Å². The second-order valence-corrected chi connectivity index (χ2v) is 12.0. The van der Waals surface area contributed by atoms with Gasteiger partial charge in [-0.05, 0) is 74.2 Å². The number of hydrogen-bond donors (Lipinski definition) is 2. The van der Waals surface area contributed by atoms with Crippen molar-refractivity contribution in [3.63, 3.8) is 0 Å². The Bertz CT molecular complexity index is 1130. The molecule has 1 saturated heterocycles. The average molecular weight is 512 g/mol. The lowest BCUT2D eigenvalue weighted by Gasteiger charge is -2.33. The highest BCUT2D eigenvalue weighted by Gasteiger charge is 2.34. The number of nitrogens with zero attached hydrogens (tertiary/aromatic N) is 1. The van der Waals surface area contributed by atoms with E-state index in [0.29, 0.717) is 34.3 Å². The quantitative estimate of drug-likeness (QED) is 0.510. The number of carbonyl (C=O) groups excluding carboxylic acids is 3. The summed E-state index contributed by atoms with van der Waals surface area (Å²) in [4.78, 5) is 42.2. The van der Waals surface area contributed by atoms with E-state index in [1.165, 1.54) is 29.7 Å². The molecule has 2 amide bonds. The number of hydrogen-bond acceptors (Lipinski definition) is 6. The van der Waals surface area contributed by atoms with Crippen LogP contribution in [0, 0.1) is 11.3 Å². The van der Waals surface area contributed by atoms with Gasteiger partial charge in [0.2, 0.25) is 5.91 Å². The second-order valence-electron chi connectivity index (χ2n) is 10.9. The highest BCUT2D eigenvalue weighted by Crippen LogP contribution is 2.44. The number of amides is 2. The lowest BCUT2D eigenvalue weighted by Crippen LogP contribution is -2.37. The van der Waals surface area contributed by atoms with Crippen LogP contribution in [0.2, 0.25) is 0 Å². The highest BCUT2D eigenvalue weighted by molar-refractivity contribution is 7.17. The van der Waals surface area contributed by atoms with E-state index < -0.39 is 5.97 Å².